The normalized spacial score (nSPS) is 13.6. The molecule has 170 valence electrons. The van der Waals surface area contributed by atoms with E-state index in [-0.39, 0.29) is 30.2 Å². The quantitative estimate of drug-likeness (QED) is 0.508. The van der Waals surface area contributed by atoms with E-state index in [1.54, 1.807) is 6.92 Å². The number of carbonyl (C=O) groups excluding carboxylic acids is 1. The van der Waals surface area contributed by atoms with Crippen LogP contribution in [0.25, 0.3) is 11.1 Å². The van der Waals surface area contributed by atoms with Crippen molar-refractivity contribution in [2.45, 2.75) is 33.4 Å². The van der Waals surface area contributed by atoms with Crippen LogP contribution in [0.3, 0.4) is 0 Å². The molecule has 0 bridgehead atoms. The second kappa shape index (κ2) is 8.69. The summed E-state index contributed by atoms with van der Waals surface area (Å²) in [5, 5.41) is 2.55. The lowest BCUT2D eigenvalue weighted by atomic mass is 9.99. The maximum atomic E-state index is 13.5. The number of aryl methyl sites for hydroxylation is 2. The molecule has 1 N–H and O–H groups in total. The van der Waals surface area contributed by atoms with E-state index in [1.165, 1.54) is 6.07 Å². The van der Waals surface area contributed by atoms with Crippen molar-refractivity contribution in [3.05, 3.63) is 71.0 Å². The summed E-state index contributed by atoms with van der Waals surface area (Å²) in [6.07, 6.45) is -4.70. The number of halogens is 3. The monoisotopic (exact) mass is 453 g/mol. The van der Waals surface area contributed by atoms with E-state index in [0.29, 0.717) is 11.3 Å². The van der Waals surface area contributed by atoms with Crippen molar-refractivity contribution >= 4 is 23.0 Å². The first-order chi connectivity index (χ1) is 15.6. The van der Waals surface area contributed by atoms with Gasteiger partial charge in [-0.15, -0.1) is 0 Å². The molecule has 1 aliphatic heterocycles. The number of amides is 1. The Bertz CT molecular complexity index is 1250. The molecule has 2 aromatic carbocycles. The van der Waals surface area contributed by atoms with Gasteiger partial charge in [0, 0.05) is 17.5 Å². The highest BCUT2D eigenvalue weighted by molar-refractivity contribution is 6.17. The van der Waals surface area contributed by atoms with Crippen LogP contribution in [-0.2, 0) is 11.0 Å². The van der Waals surface area contributed by atoms with Gasteiger partial charge in [-0.2, -0.15) is 13.2 Å². The number of nitrogens with one attached hydrogen (secondary N) is 1. The number of fused-ring (bicyclic) bond motifs is 1. The lowest BCUT2D eigenvalue weighted by molar-refractivity contribution is -0.138. The Balaban J connectivity index is 1.82. The molecule has 3 aromatic rings. The standard InChI is InChI=1S/C25H22F3N3O2/c1-4-33-23-12-22-21(11-19(23)25(26,27)28)31-24(32)13-20(30-22)17-7-5-6-16(10-17)18-8-14(2)29-15(3)9-18/h5-12H,4,13H2,1-3H3,(H,31,32). The fourth-order valence-corrected chi connectivity index (χ4v) is 3.84. The van der Waals surface area contributed by atoms with Crippen LogP contribution in [0.5, 0.6) is 5.75 Å². The molecule has 8 heteroatoms. The lowest BCUT2D eigenvalue weighted by Crippen LogP contribution is -2.15. The third-order valence-corrected chi connectivity index (χ3v) is 5.17. The molecule has 33 heavy (non-hydrogen) atoms. The number of hydrogen-bond donors (Lipinski definition) is 1. The van der Waals surface area contributed by atoms with Crippen LogP contribution in [-0.4, -0.2) is 23.2 Å². The van der Waals surface area contributed by atoms with Gasteiger partial charge in [-0.1, -0.05) is 18.2 Å². The minimum Gasteiger partial charge on any atom is -0.493 e. The van der Waals surface area contributed by atoms with Crippen LogP contribution in [0.2, 0.25) is 0 Å². The van der Waals surface area contributed by atoms with Crippen LogP contribution < -0.4 is 10.1 Å². The molecule has 4 rings (SSSR count). The zero-order chi connectivity index (χ0) is 23.8. The second-order valence-corrected chi connectivity index (χ2v) is 7.80. The molecule has 0 radical (unpaired) electrons. The molecule has 0 spiro atoms. The topological polar surface area (TPSA) is 63.6 Å². The van der Waals surface area contributed by atoms with Crippen molar-refractivity contribution in [2.24, 2.45) is 4.99 Å². The first-order valence-electron chi connectivity index (χ1n) is 10.5. The number of ether oxygens (including phenoxy) is 1. The summed E-state index contributed by atoms with van der Waals surface area (Å²) in [6.45, 7) is 5.51. The van der Waals surface area contributed by atoms with Gasteiger partial charge in [-0.05, 0) is 61.7 Å². The fourth-order valence-electron chi connectivity index (χ4n) is 3.84. The van der Waals surface area contributed by atoms with Gasteiger partial charge < -0.3 is 10.1 Å². The Labute approximate surface area is 189 Å². The van der Waals surface area contributed by atoms with Crippen molar-refractivity contribution < 1.29 is 22.7 Å². The fraction of sp³-hybridized carbons (Fsp3) is 0.240. The van der Waals surface area contributed by atoms with Crippen LogP contribution in [0.1, 0.15) is 35.9 Å². The minimum absolute atomic E-state index is 0.00214. The molecule has 0 saturated heterocycles. The summed E-state index contributed by atoms with van der Waals surface area (Å²) in [4.78, 5) is 21.5. The van der Waals surface area contributed by atoms with Crippen molar-refractivity contribution in [1.82, 2.24) is 4.98 Å². The van der Waals surface area contributed by atoms with Gasteiger partial charge in [0.05, 0.1) is 35.7 Å². The Morgan fingerprint density at radius 3 is 2.36 bits per heavy atom. The number of nitrogens with zero attached hydrogens (tertiary/aromatic N) is 2. The predicted molar refractivity (Wildman–Crippen MR) is 121 cm³/mol. The van der Waals surface area contributed by atoms with E-state index in [0.717, 1.165) is 28.6 Å². The van der Waals surface area contributed by atoms with E-state index < -0.39 is 17.6 Å². The highest BCUT2D eigenvalue weighted by atomic mass is 19.4. The number of aromatic nitrogens is 1. The van der Waals surface area contributed by atoms with E-state index in [2.05, 4.69) is 15.3 Å². The van der Waals surface area contributed by atoms with Crippen molar-refractivity contribution in [1.29, 1.82) is 0 Å². The number of alkyl halides is 3. The van der Waals surface area contributed by atoms with E-state index in [9.17, 15) is 18.0 Å². The largest absolute Gasteiger partial charge is 0.493 e. The van der Waals surface area contributed by atoms with Crippen LogP contribution >= 0.6 is 0 Å². The maximum absolute atomic E-state index is 13.5. The molecule has 0 fully saturated rings. The maximum Gasteiger partial charge on any atom is 0.420 e. The summed E-state index contributed by atoms with van der Waals surface area (Å²) in [6, 6.07) is 13.6. The molecule has 1 aliphatic rings. The first kappa shape index (κ1) is 22.5. The Kier molecular flexibility index (Phi) is 5.93. The Morgan fingerprint density at radius 2 is 1.70 bits per heavy atom. The van der Waals surface area contributed by atoms with Gasteiger partial charge in [-0.3, -0.25) is 9.78 Å². The number of rotatable bonds is 4. The van der Waals surface area contributed by atoms with Crippen LogP contribution in [0.15, 0.2) is 53.5 Å². The van der Waals surface area contributed by atoms with Crippen molar-refractivity contribution in [3.8, 4) is 16.9 Å². The SMILES string of the molecule is CCOc1cc2c(cc1C(F)(F)F)NC(=O)CC(c1cccc(-c3cc(C)nc(C)c3)c1)=N2. The first-order valence-corrected chi connectivity index (χ1v) is 10.5. The number of anilines is 1. The van der Waals surface area contributed by atoms with Gasteiger partial charge in [0.25, 0.3) is 0 Å². The van der Waals surface area contributed by atoms with E-state index >= 15 is 0 Å². The van der Waals surface area contributed by atoms with Crippen LogP contribution in [0.4, 0.5) is 24.5 Å². The molecular formula is C25H22F3N3O2. The number of benzene rings is 2. The molecule has 1 aromatic heterocycles. The molecule has 0 aliphatic carbocycles. The molecule has 0 saturated carbocycles. The molecule has 0 atom stereocenters. The third kappa shape index (κ3) is 4.89. The third-order valence-electron chi connectivity index (χ3n) is 5.17. The zero-order valence-electron chi connectivity index (χ0n) is 18.4. The Hall–Kier alpha value is -3.68. The van der Waals surface area contributed by atoms with E-state index in [1.807, 2.05) is 50.2 Å². The molecule has 0 unspecified atom stereocenters. The van der Waals surface area contributed by atoms with Crippen molar-refractivity contribution in [2.75, 3.05) is 11.9 Å². The summed E-state index contributed by atoms with van der Waals surface area (Å²) in [5.74, 6) is -0.759. The van der Waals surface area contributed by atoms with Gasteiger partial charge in [0.2, 0.25) is 5.91 Å². The van der Waals surface area contributed by atoms with Crippen molar-refractivity contribution in [3.63, 3.8) is 0 Å². The van der Waals surface area contributed by atoms with Gasteiger partial charge in [0.1, 0.15) is 5.75 Å². The molecule has 2 heterocycles. The van der Waals surface area contributed by atoms with Crippen LogP contribution in [0, 0.1) is 13.8 Å². The smallest absolute Gasteiger partial charge is 0.420 e. The summed E-state index contributed by atoms with van der Waals surface area (Å²) >= 11 is 0. The number of aliphatic imine (C=N–C) groups is 1. The zero-order valence-corrected chi connectivity index (χ0v) is 18.4. The minimum atomic E-state index is -4.63. The number of carbonyl (C=O) groups is 1. The number of pyridine rings is 1. The van der Waals surface area contributed by atoms with E-state index in [4.69, 9.17) is 4.74 Å². The second-order valence-electron chi connectivity index (χ2n) is 7.80. The summed E-state index contributed by atoms with van der Waals surface area (Å²) in [5.41, 5.74) is 4.12. The van der Waals surface area contributed by atoms with Gasteiger partial charge in [0.15, 0.2) is 0 Å². The summed E-state index contributed by atoms with van der Waals surface area (Å²) in [7, 11) is 0. The highest BCUT2D eigenvalue weighted by Gasteiger charge is 2.36. The Morgan fingerprint density at radius 1 is 1.00 bits per heavy atom. The average Bonchev–Trinajstić information content (AvgIpc) is 2.90. The molecule has 5 nitrogen and oxygen atoms in total. The molecular weight excluding hydrogens is 431 g/mol. The summed E-state index contributed by atoms with van der Waals surface area (Å²) < 4.78 is 45.8. The lowest BCUT2D eigenvalue weighted by Gasteiger charge is -2.16. The predicted octanol–water partition coefficient (Wildman–Crippen LogP) is 6.25. The highest BCUT2D eigenvalue weighted by Crippen LogP contribution is 2.43. The average molecular weight is 453 g/mol. The van der Waals surface area contributed by atoms with Gasteiger partial charge >= 0.3 is 6.18 Å². The number of hydrogen-bond acceptors (Lipinski definition) is 4. The van der Waals surface area contributed by atoms with Gasteiger partial charge in [-0.25, -0.2) is 4.99 Å². The molecule has 1 amide bonds.